The van der Waals surface area contributed by atoms with Crippen LogP contribution in [-0.4, -0.2) is 22.7 Å². The van der Waals surface area contributed by atoms with Crippen LogP contribution in [-0.2, 0) is 0 Å². The number of hydrogen-bond acceptors (Lipinski definition) is 3. The standard InChI is InChI=1S/C5H6N2O.C2H6S/c1-4-2-3-6-7-5(4)8;1-3-2/h2-3H,1H3,(H,7,8);1-2H3. The van der Waals surface area contributed by atoms with Crippen molar-refractivity contribution in [3.8, 4) is 0 Å². The van der Waals surface area contributed by atoms with Gasteiger partial charge in [0.25, 0.3) is 5.56 Å². The highest BCUT2D eigenvalue weighted by Crippen LogP contribution is 1.78. The molecular formula is C7H12N2OS. The first-order valence-corrected chi connectivity index (χ1v) is 4.76. The van der Waals surface area contributed by atoms with Gasteiger partial charge in [0.05, 0.1) is 0 Å². The monoisotopic (exact) mass is 172 g/mol. The normalized spacial score (nSPS) is 8.27. The fraction of sp³-hybridized carbons (Fsp3) is 0.429. The molecule has 1 aromatic heterocycles. The molecule has 0 fully saturated rings. The van der Waals surface area contributed by atoms with Crippen LogP contribution in [0, 0.1) is 6.92 Å². The summed E-state index contributed by atoms with van der Waals surface area (Å²) in [5.41, 5.74) is 0.576. The van der Waals surface area contributed by atoms with Crippen LogP contribution in [0.3, 0.4) is 0 Å². The molecule has 0 spiro atoms. The number of aromatic amines is 1. The predicted molar refractivity (Wildman–Crippen MR) is 49.0 cm³/mol. The number of thioether (sulfide) groups is 1. The van der Waals surface area contributed by atoms with Crippen LogP contribution < -0.4 is 5.56 Å². The van der Waals surface area contributed by atoms with Crippen molar-refractivity contribution in [3.63, 3.8) is 0 Å². The zero-order chi connectivity index (χ0) is 8.69. The summed E-state index contributed by atoms with van der Waals surface area (Å²) in [6.45, 7) is 1.74. The molecular weight excluding hydrogens is 160 g/mol. The summed E-state index contributed by atoms with van der Waals surface area (Å²) in [5.74, 6) is 0. The van der Waals surface area contributed by atoms with E-state index in [0.717, 1.165) is 0 Å². The molecule has 1 heterocycles. The fourth-order valence-corrected chi connectivity index (χ4v) is 0.409. The van der Waals surface area contributed by atoms with Crippen molar-refractivity contribution in [2.75, 3.05) is 12.5 Å². The van der Waals surface area contributed by atoms with Gasteiger partial charge in [0.15, 0.2) is 0 Å². The van der Waals surface area contributed by atoms with Crippen molar-refractivity contribution in [2.24, 2.45) is 0 Å². The lowest BCUT2D eigenvalue weighted by atomic mass is 10.4. The molecule has 0 atom stereocenters. The summed E-state index contributed by atoms with van der Waals surface area (Å²) >= 11 is 1.75. The number of nitrogens with one attached hydrogen (secondary N) is 1. The number of nitrogens with zero attached hydrogens (tertiary/aromatic N) is 1. The van der Waals surface area contributed by atoms with E-state index in [9.17, 15) is 4.79 Å². The molecule has 1 aromatic rings. The second-order valence-corrected chi connectivity index (χ2v) is 2.79. The first-order valence-electron chi connectivity index (χ1n) is 3.12. The van der Waals surface area contributed by atoms with Crippen molar-refractivity contribution < 1.29 is 0 Å². The minimum absolute atomic E-state index is 0.118. The molecule has 11 heavy (non-hydrogen) atoms. The summed E-state index contributed by atoms with van der Waals surface area (Å²) in [7, 11) is 0. The number of rotatable bonds is 0. The van der Waals surface area contributed by atoms with Crippen molar-refractivity contribution >= 4 is 11.8 Å². The first kappa shape index (κ1) is 10.2. The van der Waals surface area contributed by atoms with Crippen LogP contribution in [0.25, 0.3) is 0 Å². The topological polar surface area (TPSA) is 45.8 Å². The highest BCUT2D eigenvalue weighted by Gasteiger charge is 1.84. The van der Waals surface area contributed by atoms with E-state index in [1.54, 1.807) is 30.9 Å². The fourth-order valence-electron chi connectivity index (χ4n) is 0.409. The van der Waals surface area contributed by atoms with E-state index in [4.69, 9.17) is 0 Å². The largest absolute Gasteiger partial charge is 0.268 e. The van der Waals surface area contributed by atoms with Crippen molar-refractivity contribution in [3.05, 3.63) is 28.2 Å². The number of H-pyrrole nitrogens is 1. The van der Waals surface area contributed by atoms with Gasteiger partial charge in [0.1, 0.15) is 0 Å². The van der Waals surface area contributed by atoms with Gasteiger partial charge in [-0.1, -0.05) is 0 Å². The summed E-state index contributed by atoms with van der Waals surface area (Å²) in [6, 6.07) is 1.67. The molecule has 0 aromatic carbocycles. The van der Waals surface area contributed by atoms with E-state index >= 15 is 0 Å². The Hall–Kier alpha value is -0.770. The van der Waals surface area contributed by atoms with Crippen molar-refractivity contribution in [1.29, 1.82) is 0 Å². The first-order chi connectivity index (χ1) is 5.22. The molecule has 1 N–H and O–H groups in total. The van der Waals surface area contributed by atoms with Gasteiger partial charge in [-0.15, -0.1) is 0 Å². The highest BCUT2D eigenvalue weighted by molar-refractivity contribution is 7.97. The molecule has 0 saturated heterocycles. The number of hydrogen-bond donors (Lipinski definition) is 1. The van der Waals surface area contributed by atoms with E-state index < -0.39 is 0 Å². The molecule has 0 aliphatic rings. The van der Waals surface area contributed by atoms with Gasteiger partial charge < -0.3 is 0 Å². The molecule has 1 rings (SSSR count). The van der Waals surface area contributed by atoms with E-state index in [-0.39, 0.29) is 5.56 Å². The van der Waals surface area contributed by atoms with Crippen LogP contribution in [0.4, 0.5) is 0 Å². The molecule has 0 unspecified atom stereocenters. The second kappa shape index (κ2) is 5.97. The molecule has 0 radical (unpaired) electrons. The second-order valence-electron chi connectivity index (χ2n) is 1.98. The third-order valence-corrected chi connectivity index (χ3v) is 0.923. The third kappa shape index (κ3) is 4.61. The van der Waals surface area contributed by atoms with Gasteiger partial charge in [-0.2, -0.15) is 16.9 Å². The van der Waals surface area contributed by atoms with Gasteiger partial charge in [-0.25, -0.2) is 5.10 Å². The Kier molecular flexibility index (Phi) is 5.56. The SMILES string of the molecule is CSC.Cc1ccn[nH]c1=O. The van der Waals surface area contributed by atoms with Crippen LogP contribution in [0.2, 0.25) is 0 Å². The van der Waals surface area contributed by atoms with E-state index in [2.05, 4.69) is 10.2 Å². The molecule has 0 aliphatic heterocycles. The van der Waals surface area contributed by atoms with E-state index in [1.807, 2.05) is 12.5 Å². The van der Waals surface area contributed by atoms with E-state index in [1.165, 1.54) is 0 Å². The molecule has 4 heteroatoms. The summed E-state index contributed by atoms with van der Waals surface area (Å²) in [6.07, 6.45) is 5.64. The lowest BCUT2D eigenvalue weighted by molar-refractivity contribution is 0.969. The molecule has 0 saturated carbocycles. The lowest BCUT2D eigenvalue weighted by Gasteiger charge is -1.82. The van der Waals surface area contributed by atoms with Gasteiger partial charge in [0, 0.05) is 11.8 Å². The zero-order valence-electron chi connectivity index (χ0n) is 6.92. The predicted octanol–water partition coefficient (Wildman–Crippen LogP) is 1.06. The Bertz CT molecular complexity index is 246. The Balaban J connectivity index is 0.000000292. The lowest BCUT2D eigenvalue weighted by Crippen LogP contribution is -2.08. The van der Waals surface area contributed by atoms with Crippen molar-refractivity contribution in [1.82, 2.24) is 10.2 Å². The van der Waals surface area contributed by atoms with Gasteiger partial charge in [0.2, 0.25) is 0 Å². The number of aryl methyl sites for hydroxylation is 1. The van der Waals surface area contributed by atoms with E-state index in [0.29, 0.717) is 5.56 Å². The van der Waals surface area contributed by atoms with Gasteiger partial charge in [-0.05, 0) is 25.5 Å². The third-order valence-electron chi connectivity index (χ3n) is 0.923. The summed E-state index contributed by atoms with van der Waals surface area (Å²) < 4.78 is 0. The molecule has 0 bridgehead atoms. The quantitative estimate of drug-likeness (QED) is 0.636. The van der Waals surface area contributed by atoms with Gasteiger partial charge in [-0.3, -0.25) is 4.79 Å². The van der Waals surface area contributed by atoms with Crippen molar-refractivity contribution in [2.45, 2.75) is 6.92 Å². The average molecular weight is 172 g/mol. The minimum Gasteiger partial charge on any atom is -0.268 e. The maximum atomic E-state index is 10.5. The Morgan fingerprint density at radius 3 is 2.36 bits per heavy atom. The summed E-state index contributed by atoms with van der Waals surface area (Å²) in [5, 5.41) is 5.80. The highest BCUT2D eigenvalue weighted by atomic mass is 32.2. The minimum atomic E-state index is -0.118. The molecule has 0 aliphatic carbocycles. The van der Waals surface area contributed by atoms with Crippen LogP contribution in [0.5, 0.6) is 0 Å². The average Bonchev–Trinajstić information content (AvgIpc) is 1.97. The summed E-state index contributed by atoms with van der Waals surface area (Å²) in [4.78, 5) is 10.5. The Labute approximate surface area is 70.2 Å². The maximum Gasteiger partial charge on any atom is 0.267 e. The Morgan fingerprint density at radius 2 is 2.09 bits per heavy atom. The zero-order valence-corrected chi connectivity index (χ0v) is 7.73. The number of aromatic nitrogens is 2. The van der Waals surface area contributed by atoms with Crippen LogP contribution >= 0.6 is 11.8 Å². The molecule has 62 valence electrons. The van der Waals surface area contributed by atoms with Crippen LogP contribution in [0.15, 0.2) is 17.1 Å². The van der Waals surface area contributed by atoms with Gasteiger partial charge >= 0.3 is 0 Å². The molecule has 0 amide bonds. The maximum absolute atomic E-state index is 10.5. The van der Waals surface area contributed by atoms with Crippen LogP contribution in [0.1, 0.15) is 5.56 Å². The Morgan fingerprint density at radius 1 is 1.55 bits per heavy atom. The molecule has 3 nitrogen and oxygen atoms in total. The smallest absolute Gasteiger partial charge is 0.267 e.